The fraction of sp³-hybridized carbons (Fsp3) is 0.250. The fourth-order valence-electron chi connectivity index (χ4n) is 0.759. The van der Waals surface area contributed by atoms with Crippen LogP contribution in [-0.2, 0) is 0 Å². The summed E-state index contributed by atoms with van der Waals surface area (Å²) in [5.41, 5.74) is -3.60. The first-order valence-corrected chi connectivity index (χ1v) is 4.51. The molecule has 0 saturated carbocycles. The summed E-state index contributed by atoms with van der Waals surface area (Å²) in [7, 11) is 0. The highest BCUT2D eigenvalue weighted by Gasteiger charge is 2.30. The van der Waals surface area contributed by atoms with Crippen molar-refractivity contribution in [3.8, 4) is 0 Å². The number of hydrogen-bond donors (Lipinski definition) is 0. The lowest BCUT2D eigenvalue weighted by Gasteiger charge is -2.07. The second-order valence-electron chi connectivity index (χ2n) is 2.40. The molecule has 0 heterocycles. The predicted octanol–water partition coefficient (Wildman–Crippen LogP) is 4.06. The Bertz CT molecular complexity index is 309. The Balaban J connectivity index is 2.94. The van der Waals surface area contributed by atoms with Gasteiger partial charge in [-0.05, 0) is 36.4 Å². The third-order valence-corrected chi connectivity index (χ3v) is 2.43. The van der Waals surface area contributed by atoms with Crippen molar-refractivity contribution in [3.05, 3.63) is 28.8 Å². The van der Waals surface area contributed by atoms with Crippen molar-refractivity contribution in [3.63, 3.8) is 0 Å². The van der Waals surface area contributed by atoms with Crippen molar-refractivity contribution in [1.29, 1.82) is 0 Å². The molecule has 0 aliphatic rings. The highest BCUT2D eigenvalue weighted by Crippen LogP contribution is 2.40. The van der Waals surface area contributed by atoms with Crippen molar-refractivity contribution in [1.82, 2.24) is 0 Å². The molecule has 0 saturated heterocycles. The second kappa shape index (κ2) is 3.80. The van der Waals surface area contributed by atoms with Crippen LogP contribution in [0.2, 0.25) is 5.02 Å². The summed E-state index contributed by atoms with van der Waals surface area (Å²) in [5.74, 6) is 0. The van der Waals surface area contributed by atoms with Gasteiger partial charge in [0.15, 0.2) is 0 Å². The van der Waals surface area contributed by atoms with E-state index in [0.29, 0.717) is 5.56 Å². The lowest BCUT2D eigenvalue weighted by atomic mass is 10.2. The van der Waals surface area contributed by atoms with Crippen molar-refractivity contribution >= 4 is 23.4 Å². The molecule has 0 atom stereocenters. The van der Waals surface area contributed by atoms with Crippen molar-refractivity contribution in [2.75, 3.05) is 0 Å². The molecule has 1 radical (unpaired) electrons. The van der Waals surface area contributed by atoms with Gasteiger partial charge in [-0.2, -0.15) is 13.2 Å². The van der Waals surface area contributed by atoms with E-state index < -0.39 is 5.51 Å². The zero-order valence-electron chi connectivity index (χ0n) is 6.57. The van der Waals surface area contributed by atoms with Crippen LogP contribution in [0.15, 0.2) is 17.0 Å². The van der Waals surface area contributed by atoms with Gasteiger partial charge in [-0.1, -0.05) is 11.6 Å². The second-order valence-corrected chi connectivity index (χ2v) is 3.89. The SMILES string of the molecule is Cc1c[c]c(Cl)c(SC(F)(F)F)c1. The Morgan fingerprint density at radius 1 is 1.46 bits per heavy atom. The smallest absolute Gasteiger partial charge is 0.160 e. The van der Waals surface area contributed by atoms with Gasteiger partial charge < -0.3 is 0 Å². The van der Waals surface area contributed by atoms with E-state index in [1.807, 2.05) is 0 Å². The van der Waals surface area contributed by atoms with Gasteiger partial charge >= 0.3 is 5.51 Å². The average Bonchev–Trinajstić information content (AvgIpc) is 1.94. The minimum Gasteiger partial charge on any atom is -0.160 e. The van der Waals surface area contributed by atoms with Crippen LogP contribution in [0.3, 0.4) is 0 Å². The molecular weight excluding hydrogens is 221 g/mol. The fourth-order valence-corrected chi connectivity index (χ4v) is 1.63. The summed E-state index contributed by atoms with van der Waals surface area (Å²) in [6.45, 7) is 1.69. The molecule has 0 fully saturated rings. The van der Waals surface area contributed by atoms with Crippen LogP contribution in [0.5, 0.6) is 0 Å². The van der Waals surface area contributed by atoms with Gasteiger partial charge in [0.2, 0.25) is 0 Å². The maximum Gasteiger partial charge on any atom is 0.446 e. The minimum absolute atomic E-state index is 0.00540. The van der Waals surface area contributed by atoms with Crippen LogP contribution in [0, 0.1) is 13.0 Å². The van der Waals surface area contributed by atoms with Crippen LogP contribution in [-0.4, -0.2) is 5.51 Å². The minimum atomic E-state index is -4.30. The van der Waals surface area contributed by atoms with Crippen LogP contribution in [0.1, 0.15) is 5.56 Å². The van der Waals surface area contributed by atoms with E-state index in [-0.39, 0.29) is 21.7 Å². The molecule has 0 nitrogen and oxygen atoms in total. The van der Waals surface area contributed by atoms with Crippen LogP contribution in [0.4, 0.5) is 13.2 Å². The third-order valence-electron chi connectivity index (χ3n) is 1.23. The highest BCUT2D eigenvalue weighted by molar-refractivity contribution is 8.00. The zero-order chi connectivity index (χ0) is 10.1. The molecule has 0 aliphatic heterocycles. The maximum atomic E-state index is 11.9. The summed E-state index contributed by atoms with van der Waals surface area (Å²) >= 11 is 5.30. The van der Waals surface area contributed by atoms with Crippen LogP contribution in [0.25, 0.3) is 0 Å². The van der Waals surface area contributed by atoms with Crippen molar-refractivity contribution in [2.45, 2.75) is 17.3 Å². The lowest BCUT2D eigenvalue weighted by Crippen LogP contribution is -1.99. The summed E-state index contributed by atoms with van der Waals surface area (Å²) in [5, 5.41) is 0.00734. The zero-order valence-corrected chi connectivity index (χ0v) is 8.15. The molecule has 0 bridgehead atoms. The Hall–Kier alpha value is -0.350. The van der Waals surface area contributed by atoms with Gasteiger partial charge in [0, 0.05) is 11.0 Å². The Morgan fingerprint density at radius 2 is 2.08 bits per heavy atom. The van der Waals surface area contributed by atoms with Gasteiger partial charge in [-0.15, -0.1) is 0 Å². The molecule has 0 N–H and O–H groups in total. The normalized spacial score (nSPS) is 11.8. The molecule has 5 heteroatoms. The number of benzene rings is 1. The quantitative estimate of drug-likeness (QED) is 0.650. The first-order chi connectivity index (χ1) is 5.88. The van der Waals surface area contributed by atoms with E-state index in [1.54, 1.807) is 13.0 Å². The number of alkyl halides is 3. The molecular formula is C8H5ClF3S. The number of rotatable bonds is 1. The Morgan fingerprint density at radius 3 is 2.62 bits per heavy atom. The standard InChI is InChI=1S/C8H5ClF3S/c1-5-2-3-6(9)7(4-5)13-8(10,11)12/h2,4H,1H3. The molecule has 0 aromatic heterocycles. The van der Waals surface area contributed by atoms with Gasteiger partial charge in [0.25, 0.3) is 0 Å². The molecule has 0 spiro atoms. The predicted molar refractivity (Wildman–Crippen MR) is 46.9 cm³/mol. The Labute approximate surface area is 83.1 Å². The molecule has 1 aromatic carbocycles. The van der Waals surface area contributed by atoms with Crippen molar-refractivity contribution < 1.29 is 13.2 Å². The van der Waals surface area contributed by atoms with Gasteiger partial charge in [0.1, 0.15) is 0 Å². The van der Waals surface area contributed by atoms with E-state index in [4.69, 9.17) is 11.6 Å². The van der Waals surface area contributed by atoms with Crippen LogP contribution >= 0.6 is 23.4 Å². The first-order valence-electron chi connectivity index (χ1n) is 3.32. The highest BCUT2D eigenvalue weighted by atomic mass is 35.5. The largest absolute Gasteiger partial charge is 0.446 e. The summed E-state index contributed by atoms with van der Waals surface area (Å²) in [6, 6.07) is 5.47. The Kier molecular flexibility index (Phi) is 3.14. The number of halogens is 4. The van der Waals surface area contributed by atoms with Crippen LogP contribution < -0.4 is 0 Å². The van der Waals surface area contributed by atoms with Gasteiger partial charge in [-0.3, -0.25) is 0 Å². The third kappa shape index (κ3) is 3.48. The number of aryl methyl sites for hydroxylation is 1. The number of hydrogen-bond acceptors (Lipinski definition) is 1. The maximum absolute atomic E-state index is 11.9. The summed E-state index contributed by atoms with van der Waals surface area (Å²) in [6.07, 6.45) is 0. The van der Waals surface area contributed by atoms with E-state index >= 15 is 0 Å². The molecule has 13 heavy (non-hydrogen) atoms. The first kappa shape index (κ1) is 10.7. The molecule has 0 amide bonds. The van der Waals surface area contributed by atoms with Gasteiger partial charge in [-0.25, -0.2) is 0 Å². The van der Waals surface area contributed by atoms with E-state index in [1.165, 1.54) is 6.07 Å². The average molecular weight is 226 g/mol. The summed E-state index contributed by atoms with van der Waals surface area (Å²) in [4.78, 5) is -0.00540. The molecule has 71 valence electrons. The molecule has 0 aliphatic carbocycles. The van der Waals surface area contributed by atoms with Gasteiger partial charge in [0.05, 0.1) is 5.02 Å². The summed E-state index contributed by atoms with van der Waals surface area (Å²) < 4.78 is 35.8. The van der Waals surface area contributed by atoms with E-state index in [9.17, 15) is 13.2 Å². The van der Waals surface area contributed by atoms with Crippen molar-refractivity contribution in [2.24, 2.45) is 0 Å². The monoisotopic (exact) mass is 225 g/mol. The molecule has 1 aromatic rings. The topological polar surface area (TPSA) is 0 Å². The van der Waals surface area contributed by atoms with E-state index in [0.717, 1.165) is 0 Å². The molecule has 1 rings (SSSR count). The molecule has 0 unspecified atom stereocenters. The van der Waals surface area contributed by atoms with E-state index in [2.05, 4.69) is 6.07 Å². The lowest BCUT2D eigenvalue weighted by molar-refractivity contribution is -0.0328. The number of thioether (sulfide) groups is 1.